The highest BCUT2D eigenvalue weighted by molar-refractivity contribution is 6.01. The van der Waals surface area contributed by atoms with Gasteiger partial charge < -0.3 is 31.6 Å². The van der Waals surface area contributed by atoms with Crippen LogP contribution in [0.15, 0.2) is 36.7 Å². The van der Waals surface area contributed by atoms with Gasteiger partial charge in [0.1, 0.15) is 53.0 Å². The van der Waals surface area contributed by atoms with E-state index in [-0.39, 0.29) is 81.2 Å². The number of rotatable bonds is 26. The molecule has 20 heteroatoms. The molecule has 2 aliphatic rings. The molecule has 68 heavy (non-hydrogen) atoms. The topological polar surface area (TPSA) is 236 Å². The molecule has 0 bridgehead atoms. The second kappa shape index (κ2) is 25.0. The second-order valence-corrected chi connectivity index (χ2v) is 17.5. The molecule has 8 N–H and O–H groups in total. The van der Waals surface area contributed by atoms with Crippen LogP contribution < -0.4 is 31.6 Å². The number of hydrogen-bond acceptors (Lipinski definition) is 12. The number of Topliss-reactive ketones (excluding diaryl/α,β-unsaturated/α-hetero) is 4. The predicted molar refractivity (Wildman–Crippen MR) is 241 cm³/mol. The Labute approximate surface area is 391 Å². The van der Waals surface area contributed by atoms with E-state index in [2.05, 4.69) is 20.6 Å². The van der Waals surface area contributed by atoms with Crippen molar-refractivity contribution in [3.63, 3.8) is 0 Å². The summed E-state index contributed by atoms with van der Waals surface area (Å²) in [5, 5.41) is 21.1. The summed E-state index contributed by atoms with van der Waals surface area (Å²) in [6.07, 6.45) is -5.84. The Morgan fingerprint density at radius 3 is 1.22 bits per heavy atom. The van der Waals surface area contributed by atoms with Crippen molar-refractivity contribution in [2.24, 2.45) is 11.5 Å². The van der Waals surface area contributed by atoms with Crippen LogP contribution in [0.3, 0.4) is 0 Å². The molecule has 2 aromatic carbocycles. The highest BCUT2D eigenvalue weighted by Crippen LogP contribution is 2.39. The monoisotopic (exact) mass is 958 g/mol. The number of hydrogen-bond donors (Lipinski definition) is 6. The number of carbonyl (C=O) groups excluding carboxylic acids is 4. The van der Waals surface area contributed by atoms with Crippen LogP contribution in [0, 0.1) is 10.8 Å². The number of ether oxygens (including phenoxy) is 2. The van der Waals surface area contributed by atoms with Crippen molar-refractivity contribution < 1.29 is 55.0 Å². The van der Waals surface area contributed by atoms with Crippen LogP contribution in [0.1, 0.15) is 144 Å². The largest absolute Gasteiger partial charge is 0.490 e. The van der Waals surface area contributed by atoms with Crippen molar-refractivity contribution in [1.29, 1.82) is 10.8 Å². The lowest BCUT2D eigenvalue weighted by atomic mass is 9.94. The maximum Gasteiger partial charge on any atom is 0.416 e. The van der Waals surface area contributed by atoms with Gasteiger partial charge in [0.15, 0.2) is 11.6 Å². The van der Waals surface area contributed by atoms with E-state index in [9.17, 15) is 45.5 Å². The van der Waals surface area contributed by atoms with Crippen molar-refractivity contribution in [1.82, 2.24) is 20.6 Å². The molecular weight excluding hydrogens is 899 g/mol. The number of aromatic nitrogens is 2. The van der Waals surface area contributed by atoms with Crippen molar-refractivity contribution in [2.45, 2.75) is 140 Å². The first-order valence-corrected chi connectivity index (χ1v) is 23.0. The third-order valence-corrected chi connectivity index (χ3v) is 11.8. The Hall–Kier alpha value is -5.76. The van der Waals surface area contributed by atoms with E-state index in [1.165, 1.54) is 0 Å². The van der Waals surface area contributed by atoms with Crippen molar-refractivity contribution in [3.05, 3.63) is 81.4 Å². The average Bonchev–Trinajstić information content (AvgIpc) is 3.27. The van der Waals surface area contributed by atoms with Gasteiger partial charge in [-0.25, -0.2) is 9.97 Å². The molecule has 3 aromatic rings. The van der Waals surface area contributed by atoms with Gasteiger partial charge in [-0.2, -0.15) is 26.3 Å². The third kappa shape index (κ3) is 16.8. The van der Waals surface area contributed by atoms with Gasteiger partial charge in [-0.1, -0.05) is 12.8 Å². The number of nitrogens with two attached hydrogens (primary N) is 2. The number of alkyl halides is 6. The summed E-state index contributed by atoms with van der Waals surface area (Å²) < 4.78 is 99.3. The quantitative estimate of drug-likeness (QED) is 0.0150. The molecule has 0 atom stereocenters. The van der Waals surface area contributed by atoms with Gasteiger partial charge in [0.05, 0.1) is 22.8 Å². The van der Waals surface area contributed by atoms with Crippen LogP contribution >= 0.6 is 0 Å². The highest BCUT2D eigenvalue weighted by atomic mass is 19.4. The number of nitrogens with zero attached hydrogens (tertiary/aromatic N) is 2. The Morgan fingerprint density at radius 2 is 0.882 bits per heavy atom. The zero-order chi connectivity index (χ0) is 49.4. The molecule has 0 aliphatic carbocycles. The van der Waals surface area contributed by atoms with Gasteiger partial charge in [-0.3, -0.25) is 30.0 Å². The Balaban J connectivity index is 1.44. The van der Waals surface area contributed by atoms with E-state index < -0.39 is 72.9 Å². The minimum atomic E-state index is -4.87. The fourth-order valence-electron chi connectivity index (χ4n) is 8.24. The lowest BCUT2D eigenvalue weighted by Gasteiger charge is -2.27. The fourth-order valence-corrected chi connectivity index (χ4v) is 8.24. The number of halogens is 6. The summed E-state index contributed by atoms with van der Waals surface area (Å²) in [7, 11) is 0. The summed E-state index contributed by atoms with van der Waals surface area (Å²) >= 11 is 0. The zero-order valence-corrected chi connectivity index (χ0v) is 37.9. The third-order valence-electron chi connectivity index (χ3n) is 11.8. The Bertz CT molecular complexity index is 2120. The molecule has 14 nitrogen and oxygen atoms in total. The van der Waals surface area contributed by atoms with Gasteiger partial charge >= 0.3 is 12.4 Å². The van der Waals surface area contributed by atoms with Crippen LogP contribution in [0.5, 0.6) is 11.5 Å². The molecule has 2 saturated heterocycles. The average molecular weight is 959 g/mol. The normalized spacial score (nSPS) is 14.9. The van der Waals surface area contributed by atoms with Crippen molar-refractivity contribution in [3.8, 4) is 11.5 Å². The summed E-state index contributed by atoms with van der Waals surface area (Å²) in [5.41, 5.74) is 7.51. The molecule has 0 unspecified atom stereocenters. The van der Waals surface area contributed by atoms with Crippen LogP contribution in [-0.2, 0) is 47.6 Å². The molecule has 2 fully saturated rings. The van der Waals surface area contributed by atoms with Crippen molar-refractivity contribution in [2.75, 3.05) is 26.2 Å². The van der Waals surface area contributed by atoms with E-state index >= 15 is 0 Å². The number of benzene rings is 2. The second-order valence-electron chi connectivity index (χ2n) is 17.5. The first-order valence-electron chi connectivity index (χ1n) is 23.0. The molecular formula is C48H60F6N8O6. The molecule has 0 radical (unpaired) electrons. The molecule has 1 aromatic heterocycles. The molecule has 5 rings (SSSR count). The standard InChI is InChI=1S/C48H60F6N8O6/c49-47(50,51)33-19-29(23-35(63)7-3-1-5-9-43(55)56)45(67-37-11-15-59-16-12-37)31(21-33)25-41(65)39-27-40(62-28-61-39)42(66)26-32-22-34(48(52,53)54)20-30(46(32)68-38-13-17-60-18-14-38)24-36(64)8-4-2-6-10-44(57)58/h19-22,27-28,37-38,59-60H,1-18,23-26H2,(H3,55,56)(H3,57,58). The fraction of sp³-hybridized carbons (Fsp3) is 0.542. The number of piperidine rings is 2. The molecule has 0 saturated carbocycles. The van der Waals surface area contributed by atoms with Crippen LogP contribution in [-0.4, -0.2) is 83.2 Å². The van der Waals surface area contributed by atoms with Crippen LogP contribution in [0.4, 0.5) is 26.3 Å². The smallest absolute Gasteiger partial charge is 0.416 e. The lowest BCUT2D eigenvalue weighted by Crippen LogP contribution is -2.34. The van der Waals surface area contributed by atoms with Gasteiger partial charge in [0.2, 0.25) is 0 Å². The van der Waals surface area contributed by atoms with E-state index in [0.29, 0.717) is 103 Å². The number of ketones is 4. The van der Waals surface area contributed by atoms with Crippen LogP contribution in [0.25, 0.3) is 0 Å². The summed E-state index contributed by atoms with van der Waals surface area (Å²) in [4.78, 5) is 62.5. The summed E-state index contributed by atoms with van der Waals surface area (Å²) in [5.74, 6) is -2.37. The Kier molecular flexibility index (Phi) is 19.6. The zero-order valence-electron chi connectivity index (χ0n) is 37.9. The van der Waals surface area contributed by atoms with Gasteiger partial charge in [-0.15, -0.1) is 0 Å². The molecule has 2 aliphatic heterocycles. The number of carbonyl (C=O) groups is 4. The minimum absolute atomic E-state index is 0.0137. The van der Waals surface area contributed by atoms with Gasteiger partial charge in [0, 0.05) is 73.6 Å². The van der Waals surface area contributed by atoms with E-state index in [0.717, 1.165) is 36.7 Å². The lowest BCUT2D eigenvalue weighted by molar-refractivity contribution is -0.138. The van der Waals surface area contributed by atoms with Gasteiger partial charge in [0.25, 0.3) is 0 Å². The molecule has 3 heterocycles. The maximum atomic E-state index is 14.4. The van der Waals surface area contributed by atoms with Gasteiger partial charge in [-0.05, 0) is 108 Å². The number of nitrogens with one attached hydrogen (secondary N) is 4. The first-order chi connectivity index (χ1) is 32.3. The van der Waals surface area contributed by atoms with E-state index in [1.54, 1.807) is 0 Å². The maximum absolute atomic E-state index is 14.4. The van der Waals surface area contributed by atoms with E-state index in [4.69, 9.17) is 31.8 Å². The minimum Gasteiger partial charge on any atom is -0.490 e. The summed E-state index contributed by atoms with van der Waals surface area (Å²) in [6.45, 7) is 2.28. The van der Waals surface area contributed by atoms with E-state index in [1.807, 2.05) is 0 Å². The first kappa shape index (κ1) is 53.2. The molecule has 0 amide bonds. The van der Waals surface area contributed by atoms with Crippen LogP contribution in [0.2, 0.25) is 0 Å². The SMILES string of the molecule is N=C(N)CCCCCC(=O)Cc1cc(C(F)(F)F)cc(CC(=O)c2cc(C(=O)Cc3cc(C(F)(F)F)cc(CC(=O)CCCCCC(=N)N)c3OC3CCNCC3)ncn2)c1OC1CCNCC1. The predicted octanol–water partition coefficient (Wildman–Crippen LogP) is 7.62. The number of amidine groups is 2. The molecule has 370 valence electrons. The Morgan fingerprint density at radius 1 is 0.544 bits per heavy atom. The molecule has 0 spiro atoms. The van der Waals surface area contributed by atoms with Crippen molar-refractivity contribution >= 4 is 34.8 Å². The number of unbranched alkanes of at least 4 members (excludes halogenated alkanes) is 4. The summed E-state index contributed by atoms with van der Waals surface area (Å²) in [6, 6.07) is 4.34. The highest BCUT2D eigenvalue weighted by Gasteiger charge is 2.36.